The van der Waals surface area contributed by atoms with Crippen molar-refractivity contribution in [3.05, 3.63) is 70.6 Å². The molecule has 0 spiro atoms. The number of rotatable bonds is 3. The number of fused-ring (bicyclic) bond motifs is 1. The number of aromatic nitrogens is 2. The van der Waals surface area contributed by atoms with E-state index < -0.39 is 0 Å². The highest BCUT2D eigenvalue weighted by molar-refractivity contribution is 5.80. The summed E-state index contributed by atoms with van der Waals surface area (Å²) in [5.74, 6) is 1.32. The van der Waals surface area contributed by atoms with E-state index >= 15 is 0 Å². The first-order valence-corrected chi connectivity index (χ1v) is 9.88. The molecule has 142 valence electrons. The summed E-state index contributed by atoms with van der Waals surface area (Å²) in [5, 5.41) is 4.20. The molecule has 3 aromatic rings. The Bertz CT molecular complexity index is 1060. The smallest absolute Gasteiger partial charge is 0.232 e. The minimum absolute atomic E-state index is 0.0355. The van der Waals surface area contributed by atoms with Crippen molar-refractivity contribution >= 4 is 5.91 Å². The van der Waals surface area contributed by atoms with Crippen LogP contribution in [0.2, 0.25) is 0 Å². The number of benzene rings is 2. The van der Waals surface area contributed by atoms with E-state index in [1.807, 2.05) is 11.8 Å². The molecule has 2 atom stereocenters. The highest BCUT2D eigenvalue weighted by atomic mass is 16.5. The Labute approximate surface area is 164 Å². The zero-order chi connectivity index (χ0) is 19.3. The van der Waals surface area contributed by atoms with Crippen molar-refractivity contribution in [2.24, 2.45) is 0 Å². The molecule has 1 amide bonds. The highest BCUT2D eigenvalue weighted by Crippen LogP contribution is 2.40. The molecule has 1 saturated heterocycles. The maximum atomic E-state index is 12.8. The molecular weight excluding hydrogens is 350 g/mol. The molecule has 1 aliphatic carbocycles. The van der Waals surface area contributed by atoms with Crippen molar-refractivity contribution in [2.75, 3.05) is 6.54 Å². The van der Waals surface area contributed by atoms with Crippen molar-refractivity contribution < 1.29 is 9.32 Å². The second-order valence-electron chi connectivity index (χ2n) is 7.98. The lowest BCUT2D eigenvalue weighted by Crippen LogP contribution is -2.28. The fraction of sp³-hybridized carbons (Fsp3) is 0.348. The quantitative estimate of drug-likeness (QED) is 0.684. The van der Waals surface area contributed by atoms with Gasteiger partial charge in [0.15, 0.2) is 0 Å². The van der Waals surface area contributed by atoms with Crippen LogP contribution in [0.1, 0.15) is 52.9 Å². The molecule has 0 radical (unpaired) electrons. The molecule has 0 N–H and O–H groups in total. The molecule has 2 aromatic carbocycles. The molecular formula is C23H23N3O2. The number of hydrogen-bond acceptors (Lipinski definition) is 4. The van der Waals surface area contributed by atoms with E-state index in [0.717, 1.165) is 29.5 Å². The third kappa shape index (κ3) is 2.82. The summed E-state index contributed by atoms with van der Waals surface area (Å²) in [6, 6.07) is 14.8. The molecule has 1 aliphatic heterocycles. The Balaban J connectivity index is 1.39. The van der Waals surface area contributed by atoms with Crippen LogP contribution in [-0.2, 0) is 11.2 Å². The number of likely N-dealkylation sites (tertiary alicyclic amines) is 1. The first kappa shape index (κ1) is 17.2. The Morgan fingerprint density at radius 3 is 2.89 bits per heavy atom. The van der Waals surface area contributed by atoms with Crippen molar-refractivity contribution in [1.29, 1.82) is 0 Å². The van der Waals surface area contributed by atoms with E-state index in [0.29, 0.717) is 24.7 Å². The number of carbonyl (C=O) groups excluding carboxylic acids is 1. The lowest BCUT2D eigenvalue weighted by atomic mass is 10.1. The van der Waals surface area contributed by atoms with Crippen LogP contribution in [0.5, 0.6) is 0 Å². The summed E-state index contributed by atoms with van der Waals surface area (Å²) >= 11 is 0. The van der Waals surface area contributed by atoms with Crippen LogP contribution in [0.3, 0.4) is 0 Å². The van der Waals surface area contributed by atoms with Gasteiger partial charge in [0.25, 0.3) is 0 Å². The van der Waals surface area contributed by atoms with Gasteiger partial charge in [-0.25, -0.2) is 0 Å². The van der Waals surface area contributed by atoms with Gasteiger partial charge < -0.3 is 9.42 Å². The maximum absolute atomic E-state index is 12.8. The number of hydrogen-bond donors (Lipinski definition) is 0. The number of aryl methyl sites for hydroxylation is 3. The normalized spacial score (nSPS) is 21.4. The summed E-state index contributed by atoms with van der Waals surface area (Å²) in [7, 11) is 0. The number of nitrogens with zero attached hydrogens (tertiary/aromatic N) is 3. The monoisotopic (exact) mass is 373 g/mol. The standard InChI is InChI=1S/C23H23N3O2/c1-14-7-8-15(2)19(11-14)22-24-23(28-25-22)17-12-21(27)26(13-17)20-10-9-16-5-3-4-6-18(16)20/h3-8,11,17,20H,9-10,12-13H2,1-2H3. The van der Waals surface area contributed by atoms with Crippen LogP contribution >= 0.6 is 0 Å². The molecule has 5 heteroatoms. The molecule has 5 nitrogen and oxygen atoms in total. The van der Waals surface area contributed by atoms with E-state index in [2.05, 4.69) is 59.5 Å². The van der Waals surface area contributed by atoms with E-state index in [1.54, 1.807) is 0 Å². The first-order valence-electron chi connectivity index (χ1n) is 9.88. The largest absolute Gasteiger partial charge is 0.339 e. The summed E-state index contributed by atoms with van der Waals surface area (Å²) in [5.41, 5.74) is 5.91. The molecule has 1 aromatic heterocycles. The molecule has 2 unspecified atom stereocenters. The average Bonchev–Trinajstić information content (AvgIpc) is 3.41. The van der Waals surface area contributed by atoms with Gasteiger partial charge in [-0.05, 0) is 49.4 Å². The van der Waals surface area contributed by atoms with Crippen LogP contribution in [0, 0.1) is 13.8 Å². The van der Waals surface area contributed by atoms with Gasteiger partial charge in [0.05, 0.1) is 12.0 Å². The lowest BCUT2D eigenvalue weighted by Gasteiger charge is -2.25. The lowest BCUT2D eigenvalue weighted by molar-refractivity contribution is -0.129. The summed E-state index contributed by atoms with van der Waals surface area (Å²) in [4.78, 5) is 19.4. The molecule has 2 aliphatic rings. The molecule has 0 bridgehead atoms. The Kier molecular flexibility index (Phi) is 4.04. The SMILES string of the molecule is Cc1ccc(C)c(-c2noc(C3CC(=O)N(C4CCc5ccccc54)C3)n2)c1. The van der Waals surface area contributed by atoms with Crippen LogP contribution in [0.25, 0.3) is 11.4 Å². The van der Waals surface area contributed by atoms with E-state index in [4.69, 9.17) is 4.52 Å². The van der Waals surface area contributed by atoms with Crippen LogP contribution in [0.15, 0.2) is 47.0 Å². The van der Waals surface area contributed by atoms with Crippen molar-refractivity contribution in [3.8, 4) is 11.4 Å². The summed E-state index contributed by atoms with van der Waals surface area (Å²) in [6.07, 6.45) is 2.47. The zero-order valence-electron chi connectivity index (χ0n) is 16.2. The van der Waals surface area contributed by atoms with Gasteiger partial charge >= 0.3 is 0 Å². The van der Waals surface area contributed by atoms with Gasteiger partial charge in [0.2, 0.25) is 17.6 Å². The Morgan fingerprint density at radius 2 is 2.00 bits per heavy atom. The zero-order valence-corrected chi connectivity index (χ0v) is 16.2. The average molecular weight is 373 g/mol. The van der Waals surface area contributed by atoms with Crippen molar-refractivity contribution in [1.82, 2.24) is 15.0 Å². The predicted octanol–water partition coefficient (Wildman–Crippen LogP) is 4.36. The Morgan fingerprint density at radius 1 is 1.14 bits per heavy atom. The fourth-order valence-corrected chi connectivity index (χ4v) is 4.54. The third-order valence-electron chi connectivity index (χ3n) is 6.06. The summed E-state index contributed by atoms with van der Waals surface area (Å²) < 4.78 is 5.59. The van der Waals surface area contributed by atoms with E-state index in [1.165, 1.54) is 11.1 Å². The van der Waals surface area contributed by atoms with Gasteiger partial charge in [-0.15, -0.1) is 0 Å². The van der Waals surface area contributed by atoms with Crippen LogP contribution < -0.4 is 0 Å². The van der Waals surface area contributed by atoms with Gasteiger partial charge in [0.1, 0.15) is 0 Å². The minimum Gasteiger partial charge on any atom is -0.339 e. The third-order valence-corrected chi connectivity index (χ3v) is 6.06. The highest BCUT2D eigenvalue weighted by Gasteiger charge is 2.40. The molecule has 0 saturated carbocycles. The predicted molar refractivity (Wildman–Crippen MR) is 106 cm³/mol. The number of amides is 1. The molecule has 5 rings (SSSR count). The second kappa shape index (κ2) is 6.59. The molecule has 28 heavy (non-hydrogen) atoms. The van der Waals surface area contributed by atoms with E-state index in [9.17, 15) is 4.79 Å². The minimum atomic E-state index is -0.0355. The molecule has 2 heterocycles. The fourth-order valence-electron chi connectivity index (χ4n) is 4.54. The van der Waals surface area contributed by atoms with Gasteiger partial charge in [-0.2, -0.15) is 4.98 Å². The van der Waals surface area contributed by atoms with Crippen LogP contribution in [-0.4, -0.2) is 27.5 Å². The Hall–Kier alpha value is -2.95. The number of carbonyl (C=O) groups is 1. The topological polar surface area (TPSA) is 59.2 Å². The summed E-state index contributed by atoms with van der Waals surface area (Å²) in [6.45, 7) is 4.74. The van der Waals surface area contributed by atoms with Crippen LogP contribution in [0.4, 0.5) is 0 Å². The van der Waals surface area contributed by atoms with Crippen molar-refractivity contribution in [3.63, 3.8) is 0 Å². The van der Waals surface area contributed by atoms with Gasteiger partial charge in [-0.3, -0.25) is 4.79 Å². The molecule has 1 fully saturated rings. The van der Waals surface area contributed by atoms with Gasteiger partial charge in [-0.1, -0.05) is 47.1 Å². The van der Waals surface area contributed by atoms with Gasteiger partial charge in [0, 0.05) is 18.5 Å². The maximum Gasteiger partial charge on any atom is 0.232 e. The van der Waals surface area contributed by atoms with E-state index in [-0.39, 0.29) is 17.9 Å². The van der Waals surface area contributed by atoms with Crippen molar-refractivity contribution in [2.45, 2.75) is 45.1 Å². The second-order valence-corrected chi connectivity index (χ2v) is 7.98. The first-order chi connectivity index (χ1) is 13.6.